The van der Waals surface area contributed by atoms with Crippen molar-refractivity contribution in [3.05, 3.63) is 82.9 Å². The molecule has 0 aliphatic carbocycles. The molecule has 27 heavy (non-hydrogen) atoms. The highest BCUT2D eigenvalue weighted by atomic mass is 32.1. The van der Waals surface area contributed by atoms with E-state index >= 15 is 0 Å². The number of aromatic nitrogens is 1. The molecule has 1 aromatic heterocycles. The maximum absolute atomic E-state index is 13.1. The summed E-state index contributed by atoms with van der Waals surface area (Å²) in [6, 6.07) is 16.2. The fraction of sp³-hybridized carbons (Fsp3) is 0.190. The number of rotatable bonds is 4. The monoisotopic (exact) mass is 377 g/mol. The molecule has 0 unspecified atom stereocenters. The third-order valence-corrected chi connectivity index (χ3v) is 5.53. The average molecular weight is 377 g/mol. The first-order chi connectivity index (χ1) is 13.2. The zero-order valence-corrected chi connectivity index (χ0v) is 15.6. The van der Waals surface area contributed by atoms with Gasteiger partial charge < -0.3 is 9.80 Å². The second-order valence-electron chi connectivity index (χ2n) is 6.33. The normalized spacial score (nSPS) is 14.2. The van der Waals surface area contributed by atoms with Crippen LogP contribution >= 0.6 is 11.3 Å². The van der Waals surface area contributed by atoms with Crippen LogP contribution in [0.2, 0.25) is 0 Å². The highest BCUT2D eigenvalue weighted by Gasteiger charge is 2.26. The molecule has 5 nitrogen and oxygen atoms in total. The van der Waals surface area contributed by atoms with Gasteiger partial charge in [-0.2, -0.15) is 0 Å². The van der Waals surface area contributed by atoms with Gasteiger partial charge in [0.25, 0.3) is 5.91 Å². The predicted molar refractivity (Wildman–Crippen MR) is 107 cm³/mol. The lowest BCUT2D eigenvalue weighted by atomic mass is 9.97. The van der Waals surface area contributed by atoms with E-state index in [1.807, 2.05) is 28.5 Å². The van der Waals surface area contributed by atoms with Gasteiger partial charge in [-0.05, 0) is 6.07 Å². The minimum atomic E-state index is -0.124. The lowest BCUT2D eigenvalue weighted by Crippen LogP contribution is -2.49. The van der Waals surface area contributed by atoms with Crippen LogP contribution < -0.4 is 4.90 Å². The van der Waals surface area contributed by atoms with Crippen LogP contribution in [0.4, 0.5) is 5.13 Å². The maximum Gasteiger partial charge on any atom is 0.254 e. The number of carbonyl (C=O) groups is 2. The predicted octanol–water partition coefficient (Wildman–Crippen LogP) is 3.34. The zero-order chi connectivity index (χ0) is 18.6. The standard InChI is InChI=1S/C21H19N3O2S/c25-19(16-6-2-1-3-7-16)17-8-4-5-9-18(17)20(26)23-11-13-24(14-12-23)21-22-10-15-27-21/h1-10,15H,11-14H2. The Morgan fingerprint density at radius 1 is 0.852 bits per heavy atom. The van der Waals surface area contributed by atoms with E-state index in [4.69, 9.17) is 0 Å². The second kappa shape index (κ2) is 7.72. The minimum absolute atomic E-state index is 0.0892. The summed E-state index contributed by atoms with van der Waals surface area (Å²) in [5.74, 6) is -0.213. The topological polar surface area (TPSA) is 53.5 Å². The summed E-state index contributed by atoms with van der Waals surface area (Å²) in [4.78, 5) is 34.3. The van der Waals surface area contributed by atoms with E-state index in [1.165, 1.54) is 0 Å². The second-order valence-corrected chi connectivity index (χ2v) is 7.21. The number of nitrogens with zero attached hydrogens (tertiary/aromatic N) is 3. The van der Waals surface area contributed by atoms with Gasteiger partial charge in [-0.15, -0.1) is 11.3 Å². The fourth-order valence-electron chi connectivity index (χ4n) is 3.26. The van der Waals surface area contributed by atoms with E-state index in [0.29, 0.717) is 29.8 Å². The van der Waals surface area contributed by atoms with E-state index in [2.05, 4.69) is 9.88 Å². The lowest BCUT2D eigenvalue weighted by Gasteiger charge is -2.34. The quantitative estimate of drug-likeness (QED) is 0.655. The number of ketones is 1. The summed E-state index contributed by atoms with van der Waals surface area (Å²) in [6.45, 7) is 2.72. The molecule has 0 spiro atoms. The molecule has 1 aliphatic rings. The minimum Gasteiger partial charge on any atom is -0.345 e. The Bertz CT molecular complexity index is 933. The van der Waals surface area contributed by atoms with Crippen molar-refractivity contribution in [2.75, 3.05) is 31.1 Å². The van der Waals surface area contributed by atoms with Gasteiger partial charge in [0, 0.05) is 48.9 Å². The van der Waals surface area contributed by atoms with Crippen molar-refractivity contribution < 1.29 is 9.59 Å². The molecule has 3 aromatic rings. The first-order valence-electron chi connectivity index (χ1n) is 8.86. The van der Waals surface area contributed by atoms with Crippen molar-refractivity contribution in [2.24, 2.45) is 0 Å². The van der Waals surface area contributed by atoms with Crippen LogP contribution in [0.5, 0.6) is 0 Å². The number of thiazole rings is 1. The van der Waals surface area contributed by atoms with E-state index in [-0.39, 0.29) is 11.7 Å². The van der Waals surface area contributed by atoms with Gasteiger partial charge in [-0.1, -0.05) is 48.5 Å². The summed E-state index contributed by atoms with van der Waals surface area (Å²) < 4.78 is 0. The fourth-order valence-corrected chi connectivity index (χ4v) is 3.95. The van der Waals surface area contributed by atoms with E-state index in [9.17, 15) is 9.59 Å². The molecule has 2 aromatic carbocycles. The van der Waals surface area contributed by atoms with Crippen LogP contribution in [0.15, 0.2) is 66.2 Å². The molecule has 6 heteroatoms. The van der Waals surface area contributed by atoms with Crippen molar-refractivity contribution in [3.8, 4) is 0 Å². The molecule has 0 N–H and O–H groups in total. The molecule has 136 valence electrons. The number of amides is 1. The summed E-state index contributed by atoms with van der Waals surface area (Å²) >= 11 is 1.61. The Morgan fingerprint density at radius 2 is 1.52 bits per heavy atom. The molecular formula is C21H19N3O2S. The Hall–Kier alpha value is -2.99. The summed E-state index contributed by atoms with van der Waals surface area (Å²) in [5, 5.41) is 2.94. The summed E-state index contributed by atoms with van der Waals surface area (Å²) in [7, 11) is 0. The third-order valence-electron chi connectivity index (χ3n) is 4.69. The van der Waals surface area contributed by atoms with Crippen molar-refractivity contribution in [1.29, 1.82) is 0 Å². The third kappa shape index (κ3) is 3.61. The Morgan fingerprint density at radius 3 is 2.19 bits per heavy atom. The molecular weight excluding hydrogens is 358 g/mol. The van der Waals surface area contributed by atoms with E-state index < -0.39 is 0 Å². The lowest BCUT2D eigenvalue weighted by molar-refractivity contribution is 0.0742. The van der Waals surface area contributed by atoms with Crippen LogP contribution in [-0.2, 0) is 0 Å². The summed E-state index contributed by atoms with van der Waals surface area (Å²) in [6.07, 6.45) is 1.79. The number of carbonyl (C=O) groups excluding carboxylic acids is 2. The van der Waals surface area contributed by atoms with Crippen LogP contribution in [0.25, 0.3) is 0 Å². The van der Waals surface area contributed by atoms with Crippen LogP contribution in [-0.4, -0.2) is 47.8 Å². The SMILES string of the molecule is O=C(c1ccccc1)c1ccccc1C(=O)N1CCN(c2nccs2)CC1. The first kappa shape index (κ1) is 17.4. The van der Waals surface area contributed by atoms with E-state index in [0.717, 1.165) is 18.2 Å². The molecule has 0 bridgehead atoms. The van der Waals surface area contributed by atoms with Crippen LogP contribution in [0.1, 0.15) is 26.3 Å². The molecule has 4 rings (SSSR count). The molecule has 0 atom stereocenters. The average Bonchev–Trinajstić information content (AvgIpc) is 3.28. The highest BCUT2D eigenvalue weighted by Crippen LogP contribution is 2.21. The molecule has 2 heterocycles. The van der Waals surface area contributed by atoms with Gasteiger partial charge in [0.2, 0.25) is 0 Å². The largest absolute Gasteiger partial charge is 0.345 e. The van der Waals surface area contributed by atoms with Crippen LogP contribution in [0.3, 0.4) is 0 Å². The molecule has 1 amide bonds. The van der Waals surface area contributed by atoms with E-state index in [1.54, 1.807) is 53.9 Å². The zero-order valence-electron chi connectivity index (χ0n) is 14.7. The highest BCUT2D eigenvalue weighted by molar-refractivity contribution is 7.13. The van der Waals surface area contributed by atoms with Crippen LogP contribution in [0, 0.1) is 0 Å². The molecule has 1 aliphatic heterocycles. The maximum atomic E-state index is 13.1. The van der Waals surface area contributed by atoms with Gasteiger partial charge in [0.15, 0.2) is 10.9 Å². The number of anilines is 1. The number of hydrogen-bond acceptors (Lipinski definition) is 5. The molecule has 1 saturated heterocycles. The van der Waals surface area contributed by atoms with Crippen molar-refractivity contribution in [3.63, 3.8) is 0 Å². The Balaban J connectivity index is 1.52. The van der Waals surface area contributed by atoms with Crippen molar-refractivity contribution in [1.82, 2.24) is 9.88 Å². The smallest absolute Gasteiger partial charge is 0.254 e. The number of benzene rings is 2. The van der Waals surface area contributed by atoms with Gasteiger partial charge in [-0.25, -0.2) is 4.98 Å². The molecule has 0 radical (unpaired) electrons. The Labute approximate surface area is 161 Å². The van der Waals surface area contributed by atoms with Gasteiger partial charge >= 0.3 is 0 Å². The summed E-state index contributed by atoms with van der Waals surface area (Å²) in [5.41, 5.74) is 1.51. The van der Waals surface area contributed by atoms with Crippen molar-refractivity contribution in [2.45, 2.75) is 0 Å². The Kier molecular flexibility index (Phi) is 4.98. The van der Waals surface area contributed by atoms with Crippen molar-refractivity contribution >= 4 is 28.2 Å². The number of hydrogen-bond donors (Lipinski definition) is 0. The van der Waals surface area contributed by atoms with Gasteiger partial charge in [-0.3, -0.25) is 9.59 Å². The van der Waals surface area contributed by atoms with Gasteiger partial charge in [0.05, 0.1) is 5.56 Å². The molecule has 0 saturated carbocycles. The number of piperazine rings is 1. The van der Waals surface area contributed by atoms with Gasteiger partial charge in [0.1, 0.15) is 0 Å². The first-order valence-corrected chi connectivity index (χ1v) is 9.74. The molecule has 1 fully saturated rings.